The van der Waals surface area contributed by atoms with E-state index >= 15 is 0 Å². The number of rotatable bonds is 4. The van der Waals surface area contributed by atoms with E-state index in [4.69, 9.17) is 9.84 Å². The summed E-state index contributed by atoms with van der Waals surface area (Å²) in [5.41, 5.74) is 4.46. The monoisotopic (exact) mass is 441 g/mol. The lowest BCUT2D eigenvalue weighted by Crippen LogP contribution is -2.27. The molecule has 3 aromatic rings. The second-order valence-corrected chi connectivity index (χ2v) is 9.93. The quantitative estimate of drug-likeness (QED) is 0.618. The van der Waals surface area contributed by atoms with Crippen LogP contribution in [0.15, 0.2) is 52.7 Å². The number of benzene rings is 2. The second-order valence-electron chi connectivity index (χ2n) is 7.08. The molecule has 2 aliphatic heterocycles. The van der Waals surface area contributed by atoms with Gasteiger partial charge in [-0.25, -0.2) is 8.42 Å². The van der Waals surface area contributed by atoms with E-state index in [1.165, 1.54) is 10.6 Å². The molecular weight excluding hydrogens is 422 g/mol. The summed E-state index contributed by atoms with van der Waals surface area (Å²) in [6.45, 7) is 0.479. The molecule has 5 rings (SSSR count). The van der Waals surface area contributed by atoms with Gasteiger partial charge in [0.15, 0.2) is 5.82 Å². The third-order valence-electron chi connectivity index (χ3n) is 5.18. The number of hydrogen-bond donors (Lipinski definition) is 0. The highest BCUT2D eigenvalue weighted by Crippen LogP contribution is 2.35. The molecule has 0 atom stereocenters. The Morgan fingerprint density at radius 2 is 1.97 bits per heavy atom. The van der Waals surface area contributed by atoms with Gasteiger partial charge in [-0.2, -0.15) is 9.78 Å². The van der Waals surface area contributed by atoms with Crippen molar-refractivity contribution in [3.05, 3.63) is 53.6 Å². The fourth-order valence-corrected chi connectivity index (χ4v) is 5.56. The van der Waals surface area contributed by atoms with E-state index in [-0.39, 0.29) is 0 Å². The number of thioether (sulfide) groups is 1. The van der Waals surface area contributed by atoms with Gasteiger partial charge in [-0.3, -0.25) is 4.31 Å². The minimum absolute atomic E-state index is 0.479. The first-order valence-electron chi connectivity index (χ1n) is 9.36. The van der Waals surface area contributed by atoms with Crippen LogP contribution in [0.25, 0.3) is 11.4 Å². The van der Waals surface area contributed by atoms with Gasteiger partial charge in [0.25, 0.3) is 0 Å². The minimum atomic E-state index is -3.26. The highest BCUT2D eigenvalue weighted by molar-refractivity contribution is 7.99. The van der Waals surface area contributed by atoms with Crippen molar-refractivity contribution in [2.45, 2.75) is 11.6 Å². The molecule has 0 fully saturated rings. The van der Waals surface area contributed by atoms with Crippen molar-refractivity contribution >= 4 is 33.2 Å². The second kappa shape index (κ2) is 7.13. The summed E-state index contributed by atoms with van der Waals surface area (Å²) in [5, 5.41) is 14.1. The first-order valence-corrected chi connectivity index (χ1v) is 12.2. The Morgan fingerprint density at radius 3 is 2.77 bits per heavy atom. The van der Waals surface area contributed by atoms with Crippen LogP contribution in [0.5, 0.6) is 5.75 Å². The van der Waals surface area contributed by atoms with E-state index in [1.54, 1.807) is 23.5 Å². The summed E-state index contributed by atoms with van der Waals surface area (Å²) >= 11 is 1.57. The molecule has 0 spiro atoms. The average Bonchev–Trinajstić information content (AvgIpc) is 3.36. The fraction of sp³-hybridized carbons (Fsp3) is 0.250. The molecule has 0 saturated carbocycles. The van der Waals surface area contributed by atoms with Gasteiger partial charge in [-0.15, -0.1) is 10.2 Å². The molecule has 2 aromatic carbocycles. The van der Waals surface area contributed by atoms with Crippen LogP contribution in [0.3, 0.4) is 0 Å². The van der Waals surface area contributed by atoms with Gasteiger partial charge in [0.1, 0.15) is 5.75 Å². The minimum Gasteiger partial charge on any atom is -0.496 e. The molecule has 30 heavy (non-hydrogen) atoms. The van der Waals surface area contributed by atoms with Crippen LogP contribution in [0.2, 0.25) is 0 Å². The number of hydrogen-bond acceptors (Lipinski definition) is 7. The summed E-state index contributed by atoms with van der Waals surface area (Å²) < 4.78 is 32.6. The Kier molecular flexibility index (Phi) is 4.55. The number of anilines is 1. The Hall–Kier alpha value is -2.85. The topological polar surface area (TPSA) is 89.7 Å². The molecule has 0 aliphatic carbocycles. The Labute approximate surface area is 178 Å². The Morgan fingerprint density at radius 1 is 1.13 bits per heavy atom. The molecule has 0 bridgehead atoms. The number of aromatic nitrogens is 3. The van der Waals surface area contributed by atoms with Gasteiger partial charge in [0.2, 0.25) is 15.2 Å². The molecule has 0 radical (unpaired) electrons. The molecule has 0 amide bonds. The third-order valence-corrected chi connectivity index (χ3v) is 7.30. The maximum atomic E-state index is 12.0. The Bertz CT molecular complexity index is 1280. The van der Waals surface area contributed by atoms with Crippen molar-refractivity contribution in [3.63, 3.8) is 0 Å². The molecule has 8 nitrogen and oxygen atoms in total. The largest absolute Gasteiger partial charge is 0.496 e. The summed E-state index contributed by atoms with van der Waals surface area (Å²) in [6, 6.07) is 13.5. The van der Waals surface area contributed by atoms with Crippen molar-refractivity contribution in [3.8, 4) is 17.1 Å². The first-order chi connectivity index (χ1) is 14.5. The van der Waals surface area contributed by atoms with Crippen LogP contribution in [0.4, 0.5) is 5.69 Å². The van der Waals surface area contributed by atoms with Gasteiger partial charge >= 0.3 is 0 Å². The summed E-state index contributed by atoms with van der Waals surface area (Å²) in [5.74, 6) is 1.99. The van der Waals surface area contributed by atoms with Gasteiger partial charge in [0, 0.05) is 12.3 Å². The standard InChI is InChI=1S/C20H19N5O3S2/c1-28-18-6-4-3-5-15(18)19-21-22-20-25(19)23-16(12-29-20)13-7-8-17-14(11-13)9-10-24(17)30(2,26)27/h3-8,11H,9-10,12H2,1-2H3. The molecule has 0 saturated heterocycles. The lowest BCUT2D eigenvalue weighted by Gasteiger charge is -2.18. The van der Waals surface area contributed by atoms with Crippen molar-refractivity contribution in [1.29, 1.82) is 0 Å². The molecular formula is C20H19N5O3S2. The van der Waals surface area contributed by atoms with E-state index in [2.05, 4.69) is 10.2 Å². The zero-order valence-corrected chi connectivity index (χ0v) is 18.1. The molecule has 0 unspecified atom stereocenters. The third kappa shape index (κ3) is 3.16. The van der Waals surface area contributed by atoms with Crippen molar-refractivity contribution in [1.82, 2.24) is 14.9 Å². The Balaban J connectivity index is 1.55. The van der Waals surface area contributed by atoms with E-state index in [0.717, 1.165) is 33.2 Å². The number of nitrogens with zero attached hydrogens (tertiary/aromatic N) is 5. The molecule has 154 valence electrons. The van der Waals surface area contributed by atoms with E-state index in [0.29, 0.717) is 30.3 Å². The van der Waals surface area contributed by atoms with Crippen LogP contribution >= 0.6 is 11.8 Å². The highest BCUT2D eigenvalue weighted by Gasteiger charge is 2.28. The normalized spacial score (nSPS) is 15.5. The predicted molar refractivity (Wildman–Crippen MR) is 117 cm³/mol. The van der Waals surface area contributed by atoms with Gasteiger partial charge in [0.05, 0.1) is 30.3 Å². The molecule has 2 aliphatic rings. The van der Waals surface area contributed by atoms with E-state index < -0.39 is 10.0 Å². The maximum Gasteiger partial charge on any atom is 0.232 e. The number of ether oxygens (including phenoxy) is 1. The van der Waals surface area contributed by atoms with E-state index in [1.807, 2.05) is 42.5 Å². The number of para-hydroxylation sites is 1. The van der Waals surface area contributed by atoms with Gasteiger partial charge in [-0.05, 0) is 41.8 Å². The number of sulfonamides is 1. The van der Waals surface area contributed by atoms with Crippen LogP contribution in [0.1, 0.15) is 11.1 Å². The predicted octanol–water partition coefficient (Wildman–Crippen LogP) is 2.63. The van der Waals surface area contributed by atoms with Crippen LogP contribution < -0.4 is 9.04 Å². The first kappa shape index (κ1) is 19.1. The summed E-state index contributed by atoms with van der Waals surface area (Å²) in [6.07, 6.45) is 1.94. The van der Waals surface area contributed by atoms with Crippen LogP contribution in [-0.4, -0.2) is 54.7 Å². The van der Waals surface area contributed by atoms with Crippen molar-refractivity contribution < 1.29 is 13.2 Å². The fourth-order valence-electron chi connectivity index (χ4n) is 3.76. The zero-order valence-electron chi connectivity index (χ0n) is 16.4. The van der Waals surface area contributed by atoms with Gasteiger partial charge in [-0.1, -0.05) is 30.0 Å². The van der Waals surface area contributed by atoms with Crippen molar-refractivity contribution in [2.24, 2.45) is 5.10 Å². The highest BCUT2D eigenvalue weighted by atomic mass is 32.2. The molecule has 1 aromatic heterocycles. The van der Waals surface area contributed by atoms with Crippen LogP contribution in [0, 0.1) is 0 Å². The zero-order chi connectivity index (χ0) is 20.9. The maximum absolute atomic E-state index is 12.0. The molecule has 3 heterocycles. The average molecular weight is 442 g/mol. The van der Waals surface area contributed by atoms with Gasteiger partial charge < -0.3 is 4.74 Å². The lowest BCUT2D eigenvalue weighted by atomic mass is 10.1. The smallest absolute Gasteiger partial charge is 0.232 e. The lowest BCUT2D eigenvalue weighted by molar-refractivity contribution is 0.416. The number of methoxy groups -OCH3 is 1. The van der Waals surface area contributed by atoms with Crippen molar-refractivity contribution in [2.75, 3.05) is 30.0 Å². The number of fused-ring (bicyclic) bond motifs is 2. The summed E-state index contributed by atoms with van der Waals surface area (Å²) in [7, 11) is -1.64. The summed E-state index contributed by atoms with van der Waals surface area (Å²) in [4.78, 5) is 0. The van der Waals surface area contributed by atoms with E-state index in [9.17, 15) is 8.42 Å². The SMILES string of the molecule is COc1ccccc1-c1nnc2n1N=C(c1ccc3c(c1)CCN3S(C)(=O)=O)CS2. The molecule has 10 heteroatoms. The molecule has 0 N–H and O–H groups in total. The van der Waals surface area contributed by atoms with Crippen LogP contribution in [-0.2, 0) is 16.4 Å².